The first kappa shape index (κ1) is 27.9. The van der Waals surface area contributed by atoms with Crippen LogP contribution in [0.5, 0.6) is 17.2 Å². The summed E-state index contributed by atoms with van der Waals surface area (Å²) in [7, 11) is 4.48. The molecule has 0 saturated heterocycles. The van der Waals surface area contributed by atoms with Crippen molar-refractivity contribution in [3.63, 3.8) is 0 Å². The molecule has 0 saturated carbocycles. The summed E-state index contributed by atoms with van der Waals surface area (Å²) >= 11 is 0. The van der Waals surface area contributed by atoms with Gasteiger partial charge in [-0.2, -0.15) is 0 Å². The molecule has 0 fully saturated rings. The van der Waals surface area contributed by atoms with Gasteiger partial charge in [0.2, 0.25) is 5.91 Å². The van der Waals surface area contributed by atoms with Crippen molar-refractivity contribution in [2.75, 3.05) is 43.9 Å². The lowest BCUT2D eigenvalue weighted by molar-refractivity contribution is -0.116. The van der Waals surface area contributed by atoms with Gasteiger partial charge in [0.15, 0.2) is 11.5 Å². The molecule has 0 radical (unpaired) electrons. The average Bonchev–Trinajstić information content (AvgIpc) is 2.92. The van der Waals surface area contributed by atoms with Gasteiger partial charge < -0.3 is 34.9 Å². The SMILES string of the molecule is CCOC(=O)c1cc(OC)c(OC)cc1NC(=O)CCc1ccc(NC(=O)Nc2cccc(OC)c2)cc1. The molecule has 0 aliphatic carbocycles. The summed E-state index contributed by atoms with van der Waals surface area (Å²) in [4.78, 5) is 37.4. The topological polar surface area (TPSA) is 124 Å². The summed E-state index contributed by atoms with van der Waals surface area (Å²) < 4.78 is 20.8. The number of carbonyl (C=O) groups is 3. The van der Waals surface area contributed by atoms with Crippen LogP contribution in [0.1, 0.15) is 29.3 Å². The highest BCUT2D eigenvalue weighted by Crippen LogP contribution is 2.34. The van der Waals surface area contributed by atoms with Crippen LogP contribution in [0.25, 0.3) is 0 Å². The molecule has 0 heterocycles. The predicted octanol–water partition coefficient (Wildman–Crippen LogP) is 5.10. The van der Waals surface area contributed by atoms with Gasteiger partial charge in [-0.05, 0) is 43.2 Å². The van der Waals surface area contributed by atoms with Crippen LogP contribution in [0.15, 0.2) is 60.7 Å². The maximum absolute atomic E-state index is 12.7. The Kier molecular flexibility index (Phi) is 9.93. The minimum Gasteiger partial charge on any atom is -0.497 e. The molecule has 3 aromatic carbocycles. The van der Waals surface area contributed by atoms with E-state index < -0.39 is 12.0 Å². The van der Waals surface area contributed by atoms with E-state index in [9.17, 15) is 14.4 Å². The number of ether oxygens (including phenoxy) is 4. The van der Waals surface area contributed by atoms with E-state index in [1.165, 1.54) is 26.4 Å². The van der Waals surface area contributed by atoms with E-state index in [0.717, 1.165) is 5.56 Å². The molecule has 38 heavy (non-hydrogen) atoms. The Balaban J connectivity index is 1.58. The number of carbonyl (C=O) groups excluding carboxylic acids is 3. The highest BCUT2D eigenvalue weighted by atomic mass is 16.5. The largest absolute Gasteiger partial charge is 0.497 e. The van der Waals surface area contributed by atoms with Crippen molar-refractivity contribution in [2.24, 2.45) is 0 Å². The fourth-order valence-corrected chi connectivity index (χ4v) is 3.58. The number of rotatable bonds is 11. The zero-order valence-electron chi connectivity index (χ0n) is 21.8. The first-order valence-electron chi connectivity index (χ1n) is 11.9. The van der Waals surface area contributed by atoms with Crippen molar-refractivity contribution in [1.29, 1.82) is 0 Å². The first-order valence-corrected chi connectivity index (χ1v) is 11.9. The van der Waals surface area contributed by atoms with Crippen LogP contribution < -0.4 is 30.2 Å². The zero-order chi connectivity index (χ0) is 27.5. The Labute approximate surface area is 221 Å². The van der Waals surface area contributed by atoms with Gasteiger partial charge >= 0.3 is 12.0 Å². The van der Waals surface area contributed by atoms with Gasteiger partial charge in [0.25, 0.3) is 0 Å². The molecule has 0 unspecified atom stereocenters. The van der Waals surface area contributed by atoms with Crippen LogP contribution in [0.3, 0.4) is 0 Å². The number of hydrogen-bond acceptors (Lipinski definition) is 7. The lowest BCUT2D eigenvalue weighted by Crippen LogP contribution is -2.19. The summed E-state index contributed by atoms with van der Waals surface area (Å²) in [5.41, 5.74) is 2.54. The van der Waals surface area contributed by atoms with Gasteiger partial charge in [0.05, 0.1) is 39.2 Å². The van der Waals surface area contributed by atoms with Gasteiger partial charge in [-0.1, -0.05) is 18.2 Å². The van der Waals surface area contributed by atoms with Crippen molar-refractivity contribution in [3.8, 4) is 17.2 Å². The molecule has 0 aliphatic rings. The predicted molar refractivity (Wildman–Crippen MR) is 145 cm³/mol. The van der Waals surface area contributed by atoms with Crippen molar-refractivity contribution in [1.82, 2.24) is 0 Å². The molecule has 0 bridgehead atoms. The second-order valence-corrected chi connectivity index (χ2v) is 8.03. The van der Waals surface area contributed by atoms with Crippen LogP contribution in [-0.4, -0.2) is 45.8 Å². The highest BCUT2D eigenvalue weighted by Gasteiger charge is 2.19. The van der Waals surface area contributed by atoms with Crippen molar-refractivity contribution >= 4 is 35.0 Å². The molecule has 0 aromatic heterocycles. The Morgan fingerprint density at radius 1 is 0.763 bits per heavy atom. The van der Waals surface area contributed by atoms with Crippen molar-refractivity contribution < 1.29 is 33.3 Å². The van der Waals surface area contributed by atoms with E-state index in [-0.39, 0.29) is 30.2 Å². The smallest absolute Gasteiger partial charge is 0.340 e. The van der Waals surface area contributed by atoms with E-state index in [0.29, 0.717) is 35.0 Å². The normalized spacial score (nSPS) is 10.2. The number of esters is 1. The lowest BCUT2D eigenvalue weighted by atomic mass is 10.1. The second-order valence-electron chi connectivity index (χ2n) is 8.03. The third-order valence-electron chi connectivity index (χ3n) is 5.47. The number of anilines is 3. The number of amides is 3. The second kappa shape index (κ2) is 13.5. The summed E-state index contributed by atoms with van der Waals surface area (Å²) in [6, 6.07) is 16.8. The first-order chi connectivity index (χ1) is 18.4. The Bertz CT molecular complexity index is 1280. The number of methoxy groups -OCH3 is 3. The van der Waals surface area contributed by atoms with Gasteiger partial charge in [0, 0.05) is 36.0 Å². The highest BCUT2D eigenvalue weighted by molar-refractivity contribution is 6.02. The molecule has 10 nitrogen and oxygen atoms in total. The fourth-order valence-electron chi connectivity index (χ4n) is 3.58. The van der Waals surface area contributed by atoms with Crippen LogP contribution in [-0.2, 0) is 16.0 Å². The minimum atomic E-state index is -0.581. The number of nitrogens with one attached hydrogen (secondary N) is 3. The van der Waals surface area contributed by atoms with Crippen molar-refractivity contribution in [3.05, 3.63) is 71.8 Å². The van der Waals surface area contributed by atoms with E-state index in [1.54, 1.807) is 50.4 Å². The van der Waals surface area contributed by atoms with E-state index in [2.05, 4.69) is 16.0 Å². The quantitative estimate of drug-likeness (QED) is 0.300. The molecule has 3 aromatic rings. The van der Waals surface area contributed by atoms with Gasteiger partial charge in [-0.25, -0.2) is 9.59 Å². The molecule has 0 atom stereocenters. The third-order valence-corrected chi connectivity index (χ3v) is 5.47. The molecule has 3 N–H and O–H groups in total. The molecule has 3 rings (SSSR count). The number of hydrogen-bond donors (Lipinski definition) is 3. The molecule has 0 aliphatic heterocycles. The Hall–Kier alpha value is -4.73. The number of urea groups is 1. The van der Waals surface area contributed by atoms with E-state index >= 15 is 0 Å². The number of benzene rings is 3. The summed E-state index contributed by atoms with van der Waals surface area (Å²) in [5, 5.41) is 8.28. The van der Waals surface area contributed by atoms with Gasteiger partial charge in [-0.15, -0.1) is 0 Å². The third kappa shape index (κ3) is 7.63. The minimum absolute atomic E-state index is 0.166. The molecular weight excluding hydrogens is 490 g/mol. The maximum atomic E-state index is 12.7. The molecule has 200 valence electrons. The molecule has 10 heteroatoms. The summed E-state index contributed by atoms with van der Waals surface area (Å²) in [5.74, 6) is 0.484. The van der Waals surface area contributed by atoms with E-state index in [1.807, 2.05) is 12.1 Å². The standard InChI is InChI=1S/C28H31N3O7/c1-5-38-27(33)22-16-24(36-3)25(37-4)17-23(22)31-26(32)14-11-18-9-12-19(13-10-18)29-28(34)30-20-7-6-8-21(15-20)35-2/h6-10,12-13,15-17H,5,11,14H2,1-4H3,(H,31,32)(H2,29,30,34). The van der Waals surface area contributed by atoms with Crippen LogP contribution in [0.4, 0.5) is 21.9 Å². The van der Waals surface area contributed by atoms with Crippen LogP contribution >= 0.6 is 0 Å². The molecule has 0 spiro atoms. The molecular formula is C28H31N3O7. The fraction of sp³-hybridized carbons (Fsp3) is 0.250. The summed E-state index contributed by atoms with van der Waals surface area (Å²) in [6.45, 7) is 1.89. The summed E-state index contributed by atoms with van der Waals surface area (Å²) in [6.07, 6.45) is 0.615. The van der Waals surface area contributed by atoms with Crippen LogP contribution in [0, 0.1) is 0 Å². The zero-order valence-corrected chi connectivity index (χ0v) is 21.8. The van der Waals surface area contributed by atoms with Gasteiger partial charge in [0.1, 0.15) is 5.75 Å². The Morgan fingerprint density at radius 2 is 1.45 bits per heavy atom. The maximum Gasteiger partial charge on any atom is 0.340 e. The molecule has 3 amide bonds. The number of aryl methyl sites for hydroxylation is 1. The van der Waals surface area contributed by atoms with E-state index in [4.69, 9.17) is 18.9 Å². The average molecular weight is 522 g/mol. The van der Waals surface area contributed by atoms with Gasteiger partial charge in [-0.3, -0.25) is 4.79 Å². The monoisotopic (exact) mass is 521 g/mol. The van der Waals surface area contributed by atoms with Crippen molar-refractivity contribution in [2.45, 2.75) is 19.8 Å². The Morgan fingerprint density at radius 3 is 2.11 bits per heavy atom. The van der Waals surface area contributed by atoms with Crippen LogP contribution in [0.2, 0.25) is 0 Å². The lowest BCUT2D eigenvalue weighted by Gasteiger charge is -2.15.